The number of carbonyl (C=O) groups excluding carboxylic acids is 2. The van der Waals surface area contributed by atoms with Crippen LogP contribution in [0.1, 0.15) is 16.8 Å². The zero-order chi connectivity index (χ0) is 17.8. The van der Waals surface area contributed by atoms with Gasteiger partial charge in [0.15, 0.2) is 0 Å². The van der Waals surface area contributed by atoms with Crippen molar-refractivity contribution in [1.82, 2.24) is 15.1 Å². The number of hydrogen-bond acceptors (Lipinski definition) is 3. The number of hydrogen-bond donors (Lipinski definition) is 2. The first-order valence-corrected chi connectivity index (χ1v) is 8.17. The van der Waals surface area contributed by atoms with Crippen LogP contribution < -0.4 is 10.6 Å². The summed E-state index contributed by atoms with van der Waals surface area (Å²) in [6, 6.07) is 12.3. The van der Waals surface area contributed by atoms with E-state index in [0.29, 0.717) is 22.8 Å². The van der Waals surface area contributed by atoms with E-state index in [1.165, 1.54) is 0 Å². The Morgan fingerprint density at radius 3 is 2.64 bits per heavy atom. The van der Waals surface area contributed by atoms with E-state index >= 15 is 0 Å². The van der Waals surface area contributed by atoms with Crippen LogP contribution in [0.2, 0.25) is 5.02 Å². The quantitative estimate of drug-likeness (QED) is 0.737. The molecule has 2 N–H and O–H groups in total. The summed E-state index contributed by atoms with van der Waals surface area (Å²) >= 11 is 5.96. The molecule has 0 aliphatic heterocycles. The molecule has 0 fully saturated rings. The summed E-state index contributed by atoms with van der Waals surface area (Å²) in [6.07, 6.45) is 2.02. The monoisotopic (exact) mass is 356 g/mol. The minimum atomic E-state index is -0.163. The number of carbonyl (C=O) groups is 2. The highest BCUT2D eigenvalue weighted by molar-refractivity contribution is 6.31. The Balaban J connectivity index is 1.60. The lowest BCUT2D eigenvalue weighted by Crippen LogP contribution is -2.18. The number of halogens is 1. The number of fused-ring (bicyclic) bond motifs is 1. The van der Waals surface area contributed by atoms with Crippen molar-refractivity contribution >= 4 is 40.0 Å². The molecule has 0 aliphatic rings. The average molecular weight is 357 g/mol. The molecule has 0 spiro atoms. The van der Waals surface area contributed by atoms with Crippen molar-refractivity contribution in [2.24, 2.45) is 0 Å². The topological polar surface area (TPSA) is 76.0 Å². The highest BCUT2D eigenvalue weighted by atomic mass is 35.5. The van der Waals surface area contributed by atoms with Crippen LogP contribution in [0.4, 0.5) is 5.69 Å². The van der Waals surface area contributed by atoms with E-state index in [1.807, 2.05) is 12.1 Å². The number of nitrogens with zero attached hydrogens (tertiary/aromatic N) is 2. The van der Waals surface area contributed by atoms with Crippen molar-refractivity contribution in [2.75, 3.05) is 12.4 Å². The van der Waals surface area contributed by atoms with Crippen molar-refractivity contribution in [3.63, 3.8) is 0 Å². The fourth-order valence-electron chi connectivity index (χ4n) is 2.52. The lowest BCUT2D eigenvalue weighted by molar-refractivity contribution is -0.116. The van der Waals surface area contributed by atoms with Crippen LogP contribution >= 0.6 is 11.6 Å². The summed E-state index contributed by atoms with van der Waals surface area (Å²) in [5, 5.41) is 11.3. The van der Waals surface area contributed by atoms with E-state index in [9.17, 15) is 9.59 Å². The molecule has 128 valence electrons. The van der Waals surface area contributed by atoms with Crippen molar-refractivity contribution in [2.45, 2.75) is 13.0 Å². The molecule has 0 saturated carbocycles. The van der Waals surface area contributed by atoms with Gasteiger partial charge in [-0.1, -0.05) is 11.6 Å². The standard InChI is InChI=1S/C18H17ClN4O2/c1-20-18(25)12-2-5-15(6-3-12)22-17(24)8-9-23-16-7-4-14(19)10-13(16)11-21-23/h2-7,10-11H,8-9H2,1H3,(H,20,25)(H,22,24). The molecule has 2 aromatic carbocycles. The molecular formula is C18H17ClN4O2. The molecule has 1 heterocycles. The van der Waals surface area contributed by atoms with Crippen LogP contribution in [0.3, 0.4) is 0 Å². The Kier molecular flexibility index (Phi) is 5.00. The van der Waals surface area contributed by atoms with Gasteiger partial charge in [0, 0.05) is 35.1 Å². The summed E-state index contributed by atoms with van der Waals surface area (Å²) in [4.78, 5) is 23.6. The van der Waals surface area contributed by atoms with Gasteiger partial charge in [0.1, 0.15) is 0 Å². The van der Waals surface area contributed by atoms with Gasteiger partial charge in [0.2, 0.25) is 5.91 Å². The summed E-state index contributed by atoms with van der Waals surface area (Å²) in [7, 11) is 1.57. The predicted molar refractivity (Wildman–Crippen MR) is 97.8 cm³/mol. The molecular weight excluding hydrogens is 340 g/mol. The maximum absolute atomic E-state index is 12.1. The van der Waals surface area contributed by atoms with Crippen LogP contribution in [0.5, 0.6) is 0 Å². The van der Waals surface area contributed by atoms with E-state index in [0.717, 1.165) is 10.9 Å². The molecule has 0 unspecified atom stereocenters. The van der Waals surface area contributed by atoms with Crippen LogP contribution in [0, 0.1) is 0 Å². The fourth-order valence-corrected chi connectivity index (χ4v) is 2.70. The van der Waals surface area contributed by atoms with Gasteiger partial charge in [-0.2, -0.15) is 5.10 Å². The summed E-state index contributed by atoms with van der Waals surface area (Å²) in [5.41, 5.74) is 2.13. The van der Waals surface area contributed by atoms with Gasteiger partial charge in [-0.3, -0.25) is 14.3 Å². The normalized spacial score (nSPS) is 10.6. The third kappa shape index (κ3) is 3.97. The number of amides is 2. The minimum absolute atomic E-state index is 0.120. The first kappa shape index (κ1) is 17.0. The molecule has 0 radical (unpaired) electrons. The van der Waals surface area contributed by atoms with Crippen LogP contribution in [-0.4, -0.2) is 28.6 Å². The highest BCUT2D eigenvalue weighted by Gasteiger charge is 2.08. The maximum Gasteiger partial charge on any atom is 0.251 e. The van der Waals surface area contributed by atoms with E-state index in [2.05, 4.69) is 15.7 Å². The number of anilines is 1. The maximum atomic E-state index is 12.1. The van der Waals surface area contributed by atoms with Crippen molar-refractivity contribution in [1.29, 1.82) is 0 Å². The lowest BCUT2D eigenvalue weighted by Gasteiger charge is -2.07. The van der Waals surface area contributed by atoms with Crippen LogP contribution in [0.15, 0.2) is 48.7 Å². The predicted octanol–water partition coefficient (Wildman–Crippen LogP) is 3.08. The second kappa shape index (κ2) is 7.36. The summed E-state index contributed by atoms with van der Waals surface area (Å²) in [5.74, 6) is -0.283. The average Bonchev–Trinajstić information content (AvgIpc) is 3.02. The Morgan fingerprint density at radius 1 is 1.16 bits per heavy atom. The molecule has 1 aromatic heterocycles. The Hall–Kier alpha value is -2.86. The summed E-state index contributed by atoms with van der Waals surface area (Å²) < 4.78 is 1.78. The molecule has 0 aliphatic carbocycles. The Labute approximate surface area is 149 Å². The highest BCUT2D eigenvalue weighted by Crippen LogP contribution is 2.19. The molecule has 0 bridgehead atoms. The number of rotatable bonds is 5. The van der Waals surface area contributed by atoms with E-state index in [-0.39, 0.29) is 18.2 Å². The number of aryl methyl sites for hydroxylation is 1. The summed E-state index contributed by atoms with van der Waals surface area (Å²) in [6.45, 7) is 0.466. The second-order valence-corrected chi connectivity index (χ2v) is 5.96. The van der Waals surface area contributed by atoms with Gasteiger partial charge in [-0.25, -0.2) is 0 Å². The third-order valence-corrected chi connectivity index (χ3v) is 4.05. The molecule has 3 aromatic rings. The van der Waals surface area contributed by atoms with Gasteiger partial charge < -0.3 is 10.6 Å². The number of benzene rings is 2. The molecule has 2 amide bonds. The van der Waals surface area contributed by atoms with Crippen LogP contribution in [-0.2, 0) is 11.3 Å². The molecule has 3 rings (SSSR count). The Morgan fingerprint density at radius 2 is 1.92 bits per heavy atom. The number of nitrogens with one attached hydrogen (secondary N) is 2. The van der Waals surface area contributed by atoms with Gasteiger partial charge >= 0.3 is 0 Å². The zero-order valence-corrected chi connectivity index (χ0v) is 14.4. The van der Waals surface area contributed by atoms with Gasteiger partial charge in [0.25, 0.3) is 5.91 Å². The third-order valence-electron chi connectivity index (χ3n) is 3.81. The first-order valence-electron chi connectivity index (χ1n) is 7.80. The van der Waals surface area contributed by atoms with E-state index in [4.69, 9.17) is 11.6 Å². The molecule has 25 heavy (non-hydrogen) atoms. The minimum Gasteiger partial charge on any atom is -0.355 e. The lowest BCUT2D eigenvalue weighted by atomic mass is 10.2. The zero-order valence-electron chi connectivity index (χ0n) is 13.6. The van der Waals surface area contributed by atoms with Crippen molar-refractivity contribution in [3.8, 4) is 0 Å². The van der Waals surface area contributed by atoms with E-state index in [1.54, 1.807) is 48.3 Å². The SMILES string of the molecule is CNC(=O)c1ccc(NC(=O)CCn2ncc3cc(Cl)ccc32)cc1. The van der Waals surface area contributed by atoms with Gasteiger partial charge in [-0.05, 0) is 42.5 Å². The molecule has 0 saturated heterocycles. The Bertz CT molecular complexity index is 918. The molecule has 6 nitrogen and oxygen atoms in total. The molecule has 7 heteroatoms. The largest absolute Gasteiger partial charge is 0.355 e. The first-order chi connectivity index (χ1) is 12.1. The van der Waals surface area contributed by atoms with Crippen molar-refractivity contribution < 1.29 is 9.59 Å². The number of aromatic nitrogens is 2. The van der Waals surface area contributed by atoms with Gasteiger partial charge in [-0.15, -0.1) is 0 Å². The fraction of sp³-hybridized carbons (Fsp3) is 0.167. The smallest absolute Gasteiger partial charge is 0.251 e. The van der Waals surface area contributed by atoms with Gasteiger partial charge in [0.05, 0.1) is 18.3 Å². The van der Waals surface area contributed by atoms with E-state index < -0.39 is 0 Å². The van der Waals surface area contributed by atoms with Crippen molar-refractivity contribution in [3.05, 3.63) is 59.2 Å². The second-order valence-electron chi connectivity index (χ2n) is 5.53. The van der Waals surface area contributed by atoms with Crippen LogP contribution in [0.25, 0.3) is 10.9 Å². The molecule has 0 atom stereocenters.